The zero-order valence-corrected chi connectivity index (χ0v) is 28.1. The Hall–Kier alpha value is -4.40. The number of carboxylic acids is 1. The Labute approximate surface area is 279 Å². The number of hydrogen-bond donors (Lipinski definition) is 1. The quantitative estimate of drug-likeness (QED) is 0.0514. The lowest BCUT2D eigenvalue weighted by atomic mass is 10.1. The summed E-state index contributed by atoms with van der Waals surface area (Å²) in [5, 5.41) is 8.81. The van der Waals surface area contributed by atoms with Gasteiger partial charge in [-0.1, -0.05) is 64.5 Å². The van der Waals surface area contributed by atoms with Gasteiger partial charge in [-0.3, -0.25) is 4.79 Å². The molecule has 0 bridgehead atoms. The highest BCUT2D eigenvalue weighted by atomic mass is 16.5. The lowest BCUT2D eigenvalue weighted by molar-refractivity contribution is -0.139. The fraction of sp³-hybridized carbons (Fsp3) is 0.474. The van der Waals surface area contributed by atoms with Crippen LogP contribution in [0.1, 0.15) is 112 Å². The minimum absolute atomic E-state index is 0.260. The molecule has 2 rings (SSSR count). The Kier molecular flexibility index (Phi) is 22.3. The maximum atomic E-state index is 11.2. The molecular formula is C38H52O9. The first kappa shape index (κ1) is 40.6. The molecule has 1 N–H and O–H groups in total. The van der Waals surface area contributed by atoms with Crippen molar-refractivity contribution in [3.05, 3.63) is 84.0 Å². The van der Waals surface area contributed by atoms with Gasteiger partial charge in [-0.2, -0.15) is 0 Å². The van der Waals surface area contributed by atoms with E-state index in [-0.39, 0.29) is 17.5 Å². The molecule has 9 heteroatoms. The van der Waals surface area contributed by atoms with Crippen LogP contribution in [0.3, 0.4) is 0 Å². The SMILES string of the molecule is C=C(C)C(=O)OCCCCCCCCOc1ccc(C(=O)O)cc1.C=C(C)C(=O)OCCCCCCCCOc1ccc(C=O)cc1. The number of rotatable bonds is 24. The summed E-state index contributed by atoms with van der Waals surface area (Å²) >= 11 is 0. The van der Waals surface area contributed by atoms with E-state index >= 15 is 0 Å². The fourth-order valence-electron chi connectivity index (χ4n) is 4.11. The normalized spacial score (nSPS) is 10.2. The highest BCUT2D eigenvalue weighted by Crippen LogP contribution is 2.14. The summed E-state index contributed by atoms with van der Waals surface area (Å²) in [6.45, 7) is 12.6. The van der Waals surface area contributed by atoms with Crippen LogP contribution in [-0.4, -0.2) is 55.7 Å². The van der Waals surface area contributed by atoms with Gasteiger partial charge in [0.05, 0.1) is 32.0 Å². The molecule has 0 amide bonds. The Morgan fingerprint density at radius 2 is 0.915 bits per heavy atom. The van der Waals surface area contributed by atoms with Crippen molar-refractivity contribution in [1.82, 2.24) is 0 Å². The number of esters is 2. The van der Waals surface area contributed by atoms with Gasteiger partial charge in [0.25, 0.3) is 0 Å². The van der Waals surface area contributed by atoms with Gasteiger partial charge < -0.3 is 24.1 Å². The molecule has 9 nitrogen and oxygen atoms in total. The van der Waals surface area contributed by atoms with Gasteiger partial charge in [-0.05, 0) is 88.1 Å². The van der Waals surface area contributed by atoms with Crippen LogP contribution in [0.5, 0.6) is 11.5 Å². The molecule has 0 unspecified atom stereocenters. The second-order valence-electron chi connectivity index (χ2n) is 11.3. The van der Waals surface area contributed by atoms with Gasteiger partial charge in [0.15, 0.2) is 0 Å². The standard InChI is InChI=1S/C19H26O5.C19H26O4/c1-15(2)19(22)24-14-8-6-4-3-5-7-13-23-17-11-9-16(10-12-17)18(20)21;1-16(2)19(21)23-14-8-6-4-3-5-7-13-22-18-11-9-17(15-20)10-12-18/h9-12H,1,3-8,13-14H2,2H3,(H,20,21);9-12,15H,1,3-8,13-14H2,2H3. The third kappa shape index (κ3) is 21.1. The largest absolute Gasteiger partial charge is 0.494 e. The molecular weight excluding hydrogens is 600 g/mol. The average Bonchev–Trinajstić information content (AvgIpc) is 3.06. The molecule has 47 heavy (non-hydrogen) atoms. The molecule has 0 spiro atoms. The average molecular weight is 653 g/mol. The number of benzene rings is 2. The van der Waals surface area contributed by atoms with Crippen molar-refractivity contribution in [2.45, 2.75) is 90.9 Å². The fourth-order valence-corrected chi connectivity index (χ4v) is 4.11. The van der Waals surface area contributed by atoms with Crippen LogP contribution in [0, 0.1) is 0 Å². The number of carboxylic acid groups (broad SMARTS) is 1. The second-order valence-corrected chi connectivity index (χ2v) is 11.3. The van der Waals surface area contributed by atoms with Crippen LogP contribution in [0.15, 0.2) is 72.8 Å². The Morgan fingerprint density at radius 1 is 0.574 bits per heavy atom. The third-order valence-corrected chi connectivity index (χ3v) is 6.90. The summed E-state index contributed by atoms with van der Waals surface area (Å²) < 4.78 is 21.3. The highest BCUT2D eigenvalue weighted by molar-refractivity contribution is 5.88. The third-order valence-electron chi connectivity index (χ3n) is 6.90. The van der Waals surface area contributed by atoms with Crippen molar-refractivity contribution >= 4 is 24.2 Å². The van der Waals surface area contributed by atoms with Gasteiger partial charge in [0.2, 0.25) is 0 Å². The van der Waals surface area contributed by atoms with Gasteiger partial charge in [-0.15, -0.1) is 0 Å². The maximum Gasteiger partial charge on any atom is 0.335 e. The summed E-state index contributed by atoms with van der Waals surface area (Å²) in [6, 6.07) is 13.6. The van der Waals surface area contributed by atoms with E-state index in [2.05, 4.69) is 13.2 Å². The molecule has 0 aliphatic carbocycles. The van der Waals surface area contributed by atoms with Gasteiger partial charge in [0, 0.05) is 16.7 Å². The van der Waals surface area contributed by atoms with Crippen LogP contribution < -0.4 is 9.47 Å². The second kappa shape index (κ2) is 25.8. The highest BCUT2D eigenvalue weighted by Gasteiger charge is 2.04. The molecule has 0 aromatic heterocycles. The number of unbranched alkanes of at least 4 members (excludes halogenated alkanes) is 10. The lowest BCUT2D eigenvalue weighted by Gasteiger charge is -2.07. The summed E-state index contributed by atoms with van der Waals surface area (Å²) in [5.74, 6) is -0.0583. The summed E-state index contributed by atoms with van der Waals surface area (Å²) in [6.07, 6.45) is 13.4. The predicted octanol–water partition coefficient (Wildman–Crippen LogP) is 8.56. The molecule has 0 atom stereocenters. The molecule has 2 aromatic rings. The summed E-state index contributed by atoms with van der Waals surface area (Å²) in [4.78, 5) is 43.6. The number of hydrogen-bond acceptors (Lipinski definition) is 8. The van der Waals surface area contributed by atoms with Crippen molar-refractivity contribution in [3.8, 4) is 11.5 Å². The van der Waals surface area contributed by atoms with Crippen molar-refractivity contribution < 1.29 is 43.2 Å². The predicted molar refractivity (Wildman–Crippen MR) is 183 cm³/mol. The molecule has 0 saturated carbocycles. The zero-order chi connectivity index (χ0) is 34.7. The minimum Gasteiger partial charge on any atom is -0.494 e. The van der Waals surface area contributed by atoms with E-state index in [1.807, 2.05) is 12.1 Å². The maximum absolute atomic E-state index is 11.2. The smallest absolute Gasteiger partial charge is 0.335 e. The topological polar surface area (TPSA) is 125 Å². The van der Waals surface area contributed by atoms with Crippen molar-refractivity contribution in [2.24, 2.45) is 0 Å². The van der Waals surface area contributed by atoms with E-state index < -0.39 is 5.97 Å². The van der Waals surface area contributed by atoms with Gasteiger partial charge in [-0.25, -0.2) is 14.4 Å². The van der Waals surface area contributed by atoms with E-state index in [0.717, 1.165) is 89.1 Å². The van der Waals surface area contributed by atoms with E-state index in [1.54, 1.807) is 50.2 Å². The van der Waals surface area contributed by atoms with E-state index in [9.17, 15) is 19.2 Å². The Balaban J connectivity index is 0.000000470. The van der Waals surface area contributed by atoms with E-state index in [0.29, 0.717) is 48.9 Å². The molecule has 0 aliphatic heterocycles. The van der Waals surface area contributed by atoms with Gasteiger partial charge in [0.1, 0.15) is 17.8 Å². The zero-order valence-electron chi connectivity index (χ0n) is 28.1. The first-order valence-electron chi connectivity index (χ1n) is 16.4. The first-order chi connectivity index (χ1) is 22.6. The molecule has 0 fully saturated rings. The Morgan fingerprint density at radius 3 is 1.26 bits per heavy atom. The van der Waals surface area contributed by atoms with Crippen LogP contribution in [0.4, 0.5) is 0 Å². The monoisotopic (exact) mass is 652 g/mol. The molecule has 0 radical (unpaired) electrons. The van der Waals surface area contributed by atoms with Crippen LogP contribution in [0.2, 0.25) is 0 Å². The number of ether oxygens (including phenoxy) is 4. The van der Waals surface area contributed by atoms with Crippen LogP contribution in [-0.2, 0) is 19.1 Å². The summed E-state index contributed by atoms with van der Waals surface area (Å²) in [5.41, 5.74) is 1.81. The minimum atomic E-state index is -0.934. The van der Waals surface area contributed by atoms with Crippen LogP contribution >= 0.6 is 0 Å². The Bertz CT molecular complexity index is 1220. The summed E-state index contributed by atoms with van der Waals surface area (Å²) in [7, 11) is 0. The molecule has 258 valence electrons. The number of aromatic carboxylic acids is 1. The van der Waals surface area contributed by atoms with E-state index in [4.69, 9.17) is 24.1 Å². The first-order valence-corrected chi connectivity index (χ1v) is 16.4. The number of carbonyl (C=O) groups excluding carboxylic acids is 3. The lowest BCUT2D eigenvalue weighted by Crippen LogP contribution is -2.06. The molecule has 2 aromatic carbocycles. The van der Waals surface area contributed by atoms with Crippen molar-refractivity contribution in [2.75, 3.05) is 26.4 Å². The van der Waals surface area contributed by atoms with Gasteiger partial charge >= 0.3 is 17.9 Å². The number of aldehydes is 1. The molecule has 0 saturated heterocycles. The number of carbonyl (C=O) groups is 4. The molecule has 0 aliphatic rings. The van der Waals surface area contributed by atoms with Crippen LogP contribution in [0.25, 0.3) is 0 Å². The van der Waals surface area contributed by atoms with E-state index in [1.165, 1.54) is 0 Å². The molecule has 0 heterocycles. The van der Waals surface area contributed by atoms with Crippen molar-refractivity contribution in [1.29, 1.82) is 0 Å². The van der Waals surface area contributed by atoms with Crippen molar-refractivity contribution in [3.63, 3.8) is 0 Å².